The van der Waals surface area contributed by atoms with Crippen molar-refractivity contribution in [3.63, 3.8) is 0 Å². The summed E-state index contributed by atoms with van der Waals surface area (Å²) in [5.41, 5.74) is 0. The molecule has 0 saturated carbocycles. The van der Waals surface area contributed by atoms with Gasteiger partial charge in [-0.3, -0.25) is 9.59 Å². The highest BCUT2D eigenvalue weighted by atomic mass is 32.2. The van der Waals surface area contributed by atoms with Crippen molar-refractivity contribution >= 4 is 21.7 Å². The number of sulfone groups is 1. The van der Waals surface area contributed by atoms with Crippen LogP contribution in [0.4, 0.5) is 0 Å². The maximum atomic E-state index is 11.4. The Morgan fingerprint density at radius 1 is 1.25 bits per heavy atom. The first-order valence-corrected chi connectivity index (χ1v) is 6.77. The van der Waals surface area contributed by atoms with E-state index >= 15 is 0 Å². The Kier molecular flexibility index (Phi) is 6.02. The molecule has 0 aromatic heterocycles. The molecular formula is C9H17NO5S. The van der Waals surface area contributed by atoms with E-state index in [2.05, 4.69) is 0 Å². The third kappa shape index (κ3) is 6.39. The summed E-state index contributed by atoms with van der Waals surface area (Å²) >= 11 is 0. The summed E-state index contributed by atoms with van der Waals surface area (Å²) in [5, 5.41) is 8.34. The molecular weight excluding hydrogens is 234 g/mol. The Morgan fingerprint density at radius 3 is 2.25 bits per heavy atom. The van der Waals surface area contributed by atoms with Crippen LogP contribution < -0.4 is 0 Å². The molecule has 6 nitrogen and oxygen atoms in total. The van der Waals surface area contributed by atoms with E-state index in [1.165, 1.54) is 11.9 Å². The van der Waals surface area contributed by atoms with E-state index in [-0.39, 0.29) is 0 Å². The Labute approximate surface area is 95.2 Å². The number of unbranched alkanes of at least 4 members (excludes halogenated alkanes) is 1. The first kappa shape index (κ1) is 14.9. The number of carbonyl (C=O) groups excluding carboxylic acids is 1. The van der Waals surface area contributed by atoms with Crippen molar-refractivity contribution in [3.8, 4) is 0 Å². The van der Waals surface area contributed by atoms with E-state index in [1.807, 2.05) is 6.92 Å². The minimum atomic E-state index is -3.84. The van der Waals surface area contributed by atoms with E-state index in [0.29, 0.717) is 6.54 Å². The third-order valence-corrected chi connectivity index (χ3v) is 3.33. The van der Waals surface area contributed by atoms with Gasteiger partial charge in [-0.2, -0.15) is 0 Å². The smallest absolute Gasteiger partial charge is 0.318 e. The maximum Gasteiger partial charge on any atom is 0.318 e. The molecule has 0 heterocycles. The molecule has 0 aliphatic carbocycles. The Bertz CT molecular complexity index is 349. The minimum absolute atomic E-state index is 0.484. The summed E-state index contributed by atoms with van der Waals surface area (Å²) in [5.74, 6) is -3.74. The second-order valence-corrected chi connectivity index (χ2v) is 5.66. The van der Waals surface area contributed by atoms with E-state index in [9.17, 15) is 18.0 Å². The van der Waals surface area contributed by atoms with Gasteiger partial charge in [0.05, 0.1) is 0 Å². The summed E-state index contributed by atoms with van der Waals surface area (Å²) < 4.78 is 22.4. The first-order valence-electron chi connectivity index (χ1n) is 4.94. The van der Waals surface area contributed by atoms with Crippen molar-refractivity contribution < 1.29 is 23.1 Å². The van der Waals surface area contributed by atoms with Crippen molar-refractivity contribution in [2.75, 3.05) is 25.1 Å². The zero-order valence-corrected chi connectivity index (χ0v) is 10.3. The zero-order chi connectivity index (χ0) is 12.8. The molecule has 0 saturated heterocycles. The van der Waals surface area contributed by atoms with Crippen LogP contribution in [0.15, 0.2) is 0 Å². The highest BCUT2D eigenvalue weighted by molar-refractivity contribution is 7.92. The van der Waals surface area contributed by atoms with Crippen LogP contribution in [0.1, 0.15) is 19.8 Å². The fourth-order valence-corrected chi connectivity index (χ4v) is 2.13. The predicted molar refractivity (Wildman–Crippen MR) is 58.8 cm³/mol. The molecule has 0 atom stereocenters. The van der Waals surface area contributed by atoms with Crippen LogP contribution in [0.3, 0.4) is 0 Å². The third-order valence-electron chi connectivity index (χ3n) is 1.96. The van der Waals surface area contributed by atoms with Crippen LogP contribution in [-0.2, 0) is 19.4 Å². The highest BCUT2D eigenvalue weighted by Gasteiger charge is 2.22. The second-order valence-electron chi connectivity index (χ2n) is 3.59. The van der Waals surface area contributed by atoms with Crippen LogP contribution >= 0.6 is 0 Å². The number of carboxylic acid groups (broad SMARTS) is 1. The average Bonchev–Trinajstić information content (AvgIpc) is 2.10. The largest absolute Gasteiger partial charge is 0.480 e. The molecule has 0 aliphatic rings. The van der Waals surface area contributed by atoms with Gasteiger partial charge in [-0.05, 0) is 6.42 Å². The summed E-state index contributed by atoms with van der Waals surface area (Å²) in [4.78, 5) is 22.9. The normalized spacial score (nSPS) is 11.1. The van der Waals surface area contributed by atoms with Gasteiger partial charge < -0.3 is 10.0 Å². The number of amides is 1. The molecule has 0 aromatic carbocycles. The van der Waals surface area contributed by atoms with Crippen LogP contribution in [0, 0.1) is 0 Å². The Balaban J connectivity index is 4.27. The van der Waals surface area contributed by atoms with Crippen molar-refractivity contribution in [1.29, 1.82) is 0 Å². The molecule has 1 amide bonds. The lowest BCUT2D eigenvalue weighted by atomic mass is 10.3. The van der Waals surface area contributed by atoms with E-state index in [1.54, 1.807) is 0 Å². The number of carbonyl (C=O) groups is 2. The molecule has 0 rings (SSSR count). The van der Waals surface area contributed by atoms with Crippen LogP contribution in [0.25, 0.3) is 0 Å². The molecule has 16 heavy (non-hydrogen) atoms. The van der Waals surface area contributed by atoms with E-state index in [0.717, 1.165) is 12.8 Å². The Hall–Kier alpha value is -1.11. The first-order chi connectivity index (χ1) is 7.28. The van der Waals surface area contributed by atoms with Crippen molar-refractivity contribution in [2.45, 2.75) is 19.8 Å². The fourth-order valence-electron chi connectivity index (χ4n) is 1.06. The fraction of sp³-hybridized carbons (Fsp3) is 0.778. The van der Waals surface area contributed by atoms with Crippen LogP contribution in [-0.4, -0.2) is 55.4 Å². The molecule has 7 heteroatoms. The quantitative estimate of drug-likeness (QED) is 0.673. The van der Waals surface area contributed by atoms with Gasteiger partial charge in [-0.25, -0.2) is 8.42 Å². The van der Waals surface area contributed by atoms with Gasteiger partial charge in [0.15, 0.2) is 9.84 Å². The van der Waals surface area contributed by atoms with Crippen LogP contribution in [0.5, 0.6) is 0 Å². The molecule has 0 fully saturated rings. The number of hydrogen-bond acceptors (Lipinski definition) is 4. The number of carboxylic acids is 1. The Morgan fingerprint density at radius 2 is 1.81 bits per heavy atom. The molecule has 0 aromatic rings. The van der Waals surface area contributed by atoms with Crippen molar-refractivity contribution in [3.05, 3.63) is 0 Å². The number of rotatable bonds is 7. The molecule has 0 spiro atoms. The standard InChI is InChI=1S/C9H17NO5S/c1-3-4-5-10(2)8(11)6-16(14,15)7-9(12)13/h3-7H2,1-2H3,(H,12,13). The van der Waals surface area contributed by atoms with Crippen molar-refractivity contribution in [1.82, 2.24) is 4.90 Å². The molecule has 0 radical (unpaired) electrons. The minimum Gasteiger partial charge on any atom is -0.480 e. The highest BCUT2D eigenvalue weighted by Crippen LogP contribution is 1.97. The van der Waals surface area contributed by atoms with E-state index < -0.39 is 33.2 Å². The van der Waals surface area contributed by atoms with Crippen LogP contribution in [0.2, 0.25) is 0 Å². The van der Waals surface area contributed by atoms with Gasteiger partial charge in [0, 0.05) is 13.6 Å². The monoisotopic (exact) mass is 251 g/mol. The van der Waals surface area contributed by atoms with Gasteiger partial charge in [0.2, 0.25) is 5.91 Å². The lowest BCUT2D eigenvalue weighted by Gasteiger charge is -2.16. The predicted octanol–water partition coefficient (Wildman–Crippen LogP) is -0.256. The molecule has 94 valence electrons. The summed E-state index contributed by atoms with van der Waals surface area (Å²) in [6.07, 6.45) is 1.70. The summed E-state index contributed by atoms with van der Waals surface area (Å²) in [6.45, 7) is 2.44. The maximum absolute atomic E-state index is 11.4. The van der Waals surface area contributed by atoms with Gasteiger partial charge in [0.25, 0.3) is 0 Å². The summed E-state index contributed by atoms with van der Waals surface area (Å²) in [6, 6.07) is 0. The lowest BCUT2D eigenvalue weighted by Crippen LogP contribution is -2.35. The average molecular weight is 251 g/mol. The zero-order valence-electron chi connectivity index (χ0n) is 9.47. The molecule has 0 aliphatic heterocycles. The SMILES string of the molecule is CCCCN(C)C(=O)CS(=O)(=O)CC(=O)O. The van der Waals surface area contributed by atoms with Gasteiger partial charge in [-0.1, -0.05) is 13.3 Å². The molecule has 0 unspecified atom stereocenters. The van der Waals surface area contributed by atoms with Gasteiger partial charge in [-0.15, -0.1) is 0 Å². The number of nitrogens with zero attached hydrogens (tertiary/aromatic N) is 1. The van der Waals surface area contributed by atoms with Crippen molar-refractivity contribution in [2.24, 2.45) is 0 Å². The molecule has 1 N–H and O–H groups in total. The van der Waals surface area contributed by atoms with Gasteiger partial charge >= 0.3 is 5.97 Å². The molecule has 0 bridgehead atoms. The lowest BCUT2D eigenvalue weighted by molar-refractivity contribution is -0.134. The number of hydrogen-bond donors (Lipinski definition) is 1. The van der Waals surface area contributed by atoms with Gasteiger partial charge in [0.1, 0.15) is 11.5 Å². The summed E-state index contributed by atoms with van der Waals surface area (Å²) in [7, 11) is -2.33. The van der Waals surface area contributed by atoms with E-state index in [4.69, 9.17) is 5.11 Å². The number of aliphatic carboxylic acids is 1. The topological polar surface area (TPSA) is 91.8 Å². The second kappa shape index (κ2) is 6.47.